The molecule has 0 saturated carbocycles. The molecule has 1 saturated heterocycles. The fourth-order valence-electron chi connectivity index (χ4n) is 3.34. The number of hydrogen-bond acceptors (Lipinski definition) is 2. The Hall–Kier alpha value is -1.00. The van der Waals surface area contributed by atoms with Crippen molar-refractivity contribution in [2.45, 2.75) is 45.6 Å². The highest BCUT2D eigenvalue weighted by molar-refractivity contribution is 5.22. The maximum Gasteiger partial charge on any atom is 0.128 e. The average molecular weight is 296 g/mol. The van der Waals surface area contributed by atoms with Gasteiger partial charge in [-0.2, -0.15) is 0 Å². The second-order valence-electron chi connectivity index (χ2n) is 6.28. The number of likely N-dealkylation sites (tertiary alicyclic amines) is 1. The summed E-state index contributed by atoms with van der Waals surface area (Å²) in [5.41, 5.74) is 6.82. The Kier molecular flexibility index (Phi) is 5.33. The van der Waals surface area contributed by atoms with E-state index in [-0.39, 0.29) is 5.56 Å². The standard InChI is InChI=1S/C17H26F2N2/c1-3-17(4-2)7-9-21(10-8-17)12-16(20)14-11-13(18)5-6-15(14)19/h5-6,11,16H,3-4,7-10,12,20H2,1-2H3. The maximum absolute atomic E-state index is 13.7. The summed E-state index contributed by atoms with van der Waals surface area (Å²) in [4.78, 5) is 2.28. The molecular weight excluding hydrogens is 270 g/mol. The van der Waals surface area contributed by atoms with Crippen LogP contribution in [0.25, 0.3) is 0 Å². The lowest BCUT2D eigenvalue weighted by Gasteiger charge is -2.41. The third-order valence-electron chi connectivity index (χ3n) is 5.23. The molecule has 0 radical (unpaired) electrons. The normalized spacial score (nSPS) is 20.4. The van der Waals surface area contributed by atoms with E-state index in [1.54, 1.807) is 0 Å². The van der Waals surface area contributed by atoms with E-state index in [4.69, 9.17) is 5.73 Å². The number of benzene rings is 1. The van der Waals surface area contributed by atoms with Crippen molar-refractivity contribution >= 4 is 0 Å². The van der Waals surface area contributed by atoms with Crippen LogP contribution in [0.5, 0.6) is 0 Å². The summed E-state index contributed by atoms with van der Waals surface area (Å²) >= 11 is 0. The summed E-state index contributed by atoms with van der Waals surface area (Å²) in [6.07, 6.45) is 4.75. The molecule has 1 fully saturated rings. The van der Waals surface area contributed by atoms with Gasteiger partial charge >= 0.3 is 0 Å². The molecule has 0 aromatic heterocycles. The molecule has 1 aliphatic heterocycles. The van der Waals surface area contributed by atoms with Crippen LogP contribution in [0.4, 0.5) is 8.78 Å². The van der Waals surface area contributed by atoms with Gasteiger partial charge in [0, 0.05) is 18.2 Å². The Morgan fingerprint density at radius 3 is 2.38 bits per heavy atom. The Morgan fingerprint density at radius 2 is 1.81 bits per heavy atom. The second-order valence-corrected chi connectivity index (χ2v) is 6.28. The molecule has 2 nitrogen and oxygen atoms in total. The van der Waals surface area contributed by atoms with E-state index in [9.17, 15) is 8.78 Å². The van der Waals surface area contributed by atoms with Crippen molar-refractivity contribution in [3.8, 4) is 0 Å². The SMILES string of the molecule is CCC1(CC)CCN(CC(N)c2cc(F)ccc2F)CC1. The van der Waals surface area contributed by atoms with Gasteiger partial charge in [-0.05, 0) is 49.5 Å². The van der Waals surface area contributed by atoms with Gasteiger partial charge in [0.2, 0.25) is 0 Å². The second kappa shape index (κ2) is 6.84. The molecule has 21 heavy (non-hydrogen) atoms. The van der Waals surface area contributed by atoms with Gasteiger partial charge in [0.15, 0.2) is 0 Å². The van der Waals surface area contributed by atoms with Crippen molar-refractivity contribution in [2.75, 3.05) is 19.6 Å². The van der Waals surface area contributed by atoms with Gasteiger partial charge in [-0.1, -0.05) is 26.7 Å². The number of hydrogen-bond donors (Lipinski definition) is 1. The number of nitrogens with two attached hydrogens (primary N) is 1. The molecule has 1 aliphatic rings. The van der Waals surface area contributed by atoms with Crippen molar-refractivity contribution in [1.29, 1.82) is 0 Å². The van der Waals surface area contributed by atoms with Gasteiger partial charge in [-0.15, -0.1) is 0 Å². The highest BCUT2D eigenvalue weighted by atomic mass is 19.1. The van der Waals surface area contributed by atoms with Crippen LogP contribution in [0.2, 0.25) is 0 Å². The first kappa shape index (κ1) is 16.4. The monoisotopic (exact) mass is 296 g/mol. The summed E-state index contributed by atoms with van der Waals surface area (Å²) in [6, 6.07) is 3.02. The Bertz CT molecular complexity index is 462. The number of nitrogens with zero attached hydrogens (tertiary/aromatic N) is 1. The molecule has 2 rings (SSSR count). The molecular formula is C17H26F2N2. The van der Waals surface area contributed by atoms with E-state index in [0.717, 1.165) is 25.2 Å². The molecule has 0 amide bonds. The molecule has 2 N–H and O–H groups in total. The third-order valence-corrected chi connectivity index (χ3v) is 5.23. The fourth-order valence-corrected chi connectivity index (χ4v) is 3.34. The minimum Gasteiger partial charge on any atom is -0.323 e. The molecule has 0 spiro atoms. The quantitative estimate of drug-likeness (QED) is 0.894. The molecule has 1 heterocycles. The summed E-state index contributed by atoms with van der Waals surface area (Å²) in [7, 11) is 0. The average Bonchev–Trinajstić information content (AvgIpc) is 2.50. The number of halogens is 2. The lowest BCUT2D eigenvalue weighted by molar-refractivity contribution is 0.0912. The zero-order valence-corrected chi connectivity index (χ0v) is 13.0. The van der Waals surface area contributed by atoms with Gasteiger partial charge in [-0.25, -0.2) is 8.78 Å². The molecule has 4 heteroatoms. The number of piperidine rings is 1. The van der Waals surface area contributed by atoms with Crippen molar-refractivity contribution in [1.82, 2.24) is 4.90 Å². The van der Waals surface area contributed by atoms with Crippen LogP contribution in [-0.2, 0) is 0 Å². The molecule has 0 aliphatic carbocycles. The molecule has 1 aromatic rings. The van der Waals surface area contributed by atoms with Crippen molar-refractivity contribution in [3.63, 3.8) is 0 Å². The minimum absolute atomic E-state index is 0.276. The van der Waals surface area contributed by atoms with Crippen LogP contribution in [0, 0.1) is 17.0 Å². The zero-order chi connectivity index (χ0) is 15.5. The Labute approximate surface area is 126 Å². The first-order valence-corrected chi connectivity index (χ1v) is 7.92. The maximum atomic E-state index is 13.7. The molecule has 0 bridgehead atoms. The topological polar surface area (TPSA) is 29.3 Å². The van der Waals surface area contributed by atoms with Crippen LogP contribution >= 0.6 is 0 Å². The van der Waals surface area contributed by atoms with E-state index in [0.29, 0.717) is 12.0 Å². The lowest BCUT2D eigenvalue weighted by atomic mass is 9.74. The van der Waals surface area contributed by atoms with Crippen molar-refractivity contribution in [2.24, 2.45) is 11.1 Å². The summed E-state index contributed by atoms with van der Waals surface area (Å²) in [6.45, 7) is 7.09. The van der Waals surface area contributed by atoms with E-state index in [2.05, 4.69) is 18.7 Å². The van der Waals surface area contributed by atoms with Gasteiger partial charge in [0.1, 0.15) is 11.6 Å². The summed E-state index contributed by atoms with van der Waals surface area (Å²) in [5.74, 6) is -0.853. The highest BCUT2D eigenvalue weighted by Crippen LogP contribution is 2.38. The van der Waals surface area contributed by atoms with Gasteiger partial charge in [0.05, 0.1) is 0 Å². The summed E-state index contributed by atoms with van der Waals surface area (Å²) in [5, 5.41) is 0. The van der Waals surface area contributed by atoms with Crippen molar-refractivity contribution < 1.29 is 8.78 Å². The van der Waals surface area contributed by atoms with E-state index >= 15 is 0 Å². The number of rotatable bonds is 5. The van der Waals surface area contributed by atoms with Crippen LogP contribution in [-0.4, -0.2) is 24.5 Å². The van der Waals surface area contributed by atoms with Crippen LogP contribution < -0.4 is 5.73 Å². The Balaban J connectivity index is 1.95. The van der Waals surface area contributed by atoms with Crippen LogP contribution in [0.1, 0.15) is 51.1 Å². The molecule has 118 valence electrons. The first-order valence-electron chi connectivity index (χ1n) is 7.92. The smallest absolute Gasteiger partial charge is 0.128 e. The fraction of sp³-hybridized carbons (Fsp3) is 0.647. The largest absolute Gasteiger partial charge is 0.323 e. The third kappa shape index (κ3) is 3.80. The van der Waals surface area contributed by atoms with Gasteiger partial charge in [-0.3, -0.25) is 0 Å². The lowest BCUT2D eigenvalue weighted by Crippen LogP contribution is -2.42. The van der Waals surface area contributed by atoms with E-state index < -0.39 is 17.7 Å². The predicted octanol–water partition coefficient (Wildman–Crippen LogP) is 3.87. The molecule has 1 atom stereocenters. The van der Waals surface area contributed by atoms with Crippen LogP contribution in [0.3, 0.4) is 0 Å². The van der Waals surface area contributed by atoms with Crippen LogP contribution in [0.15, 0.2) is 18.2 Å². The van der Waals surface area contributed by atoms with Gasteiger partial charge in [0.25, 0.3) is 0 Å². The highest BCUT2D eigenvalue weighted by Gasteiger charge is 2.31. The minimum atomic E-state index is -0.476. The van der Waals surface area contributed by atoms with E-state index in [1.807, 2.05) is 0 Å². The zero-order valence-electron chi connectivity index (χ0n) is 13.0. The Morgan fingerprint density at radius 1 is 1.19 bits per heavy atom. The first-order chi connectivity index (χ1) is 9.99. The molecule has 1 aromatic carbocycles. The summed E-state index contributed by atoms with van der Waals surface area (Å²) < 4.78 is 27.0. The van der Waals surface area contributed by atoms with Crippen molar-refractivity contribution in [3.05, 3.63) is 35.4 Å². The predicted molar refractivity (Wildman–Crippen MR) is 82.0 cm³/mol. The van der Waals surface area contributed by atoms with E-state index in [1.165, 1.54) is 31.7 Å². The van der Waals surface area contributed by atoms with Gasteiger partial charge < -0.3 is 10.6 Å². The molecule has 1 unspecified atom stereocenters.